The van der Waals surface area contributed by atoms with Crippen LogP contribution in [0.1, 0.15) is 15.4 Å². The molecule has 1 aromatic carbocycles. The number of rotatable bonds is 2. The van der Waals surface area contributed by atoms with Crippen molar-refractivity contribution in [1.82, 2.24) is 20.0 Å². The van der Waals surface area contributed by atoms with Crippen molar-refractivity contribution in [3.05, 3.63) is 47.0 Å². The molecule has 2 atom stereocenters. The van der Waals surface area contributed by atoms with Crippen molar-refractivity contribution in [2.45, 2.75) is 6.92 Å². The quantitative estimate of drug-likeness (QED) is 0.771. The van der Waals surface area contributed by atoms with E-state index in [-0.39, 0.29) is 5.91 Å². The van der Waals surface area contributed by atoms with E-state index in [0.717, 1.165) is 52.7 Å². The molecule has 0 bridgehead atoms. The minimum Gasteiger partial charge on any atom is -0.337 e. The van der Waals surface area contributed by atoms with Crippen molar-refractivity contribution >= 4 is 27.5 Å². The van der Waals surface area contributed by atoms with Crippen molar-refractivity contribution in [3.63, 3.8) is 0 Å². The summed E-state index contributed by atoms with van der Waals surface area (Å²) in [5.41, 5.74) is 2.00. The second kappa shape index (κ2) is 5.68. The highest BCUT2D eigenvalue weighted by atomic mass is 32.1. The van der Waals surface area contributed by atoms with Gasteiger partial charge < -0.3 is 10.2 Å². The second-order valence-electron chi connectivity index (χ2n) is 7.05. The van der Waals surface area contributed by atoms with Crippen molar-refractivity contribution in [1.29, 1.82) is 0 Å². The Morgan fingerprint density at radius 1 is 1.20 bits per heavy atom. The third-order valence-electron chi connectivity index (χ3n) is 5.43. The van der Waals surface area contributed by atoms with E-state index in [9.17, 15) is 4.79 Å². The number of hydrogen-bond acceptors (Lipinski definition) is 4. The van der Waals surface area contributed by atoms with Gasteiger partial charge in [-0.05, 0) is 37.0 Å². The third kappa shape index (κ3) is 2.40. The standard InChI is InChI=1S/C19H20N4OS/c1-12-16-7-17(18(24)22-10-13-8-20-9-14(13)11-22)25-19(16)23(21-12)15-5-3-2-4-6-15/h2-7,13-14,20H,8-11H2,1H3/t13-,14+. The lowest BCUT2D eigenvalue weighted by Gasteiger charge is -2.16. The first-order valence-electron chi connectivity index (χ1n) is 8.75. The van der Waals surface area contributed by atoms with E-state index in [1.807, 2.05) is 52.9 Å². The van der Waals surface area contributed by atoms with Crippen LogP contribution < -0.4 is 5.32 Å². The number of hydrogen-bond donors (Lipinski definition) is 1. The molecule has 6 heteroatoms. The summed E-state index contributed by atoms with van der Waals surface area (Å²) in [4.78, 5) is 16.9. The SMILES string of the molecule is Cc1nn(-c2ccccc2)c2sc(C(=O)N3C[C@H]4CNC[C@H]4C3)cc12. The fraction of sp³-hybridized carbons (Fsp3) is 0.368. The van der Waals surface area contributed by atoms with E-state index in [1.54, 1.807) is 11.3 Å². The van der Waals surface area contributed by atoms with E-state index in [2.05, 4.69) is 10.4 Å². The summed E-state index contributed by atoms with van der Waals surface area (Å²) >= 11 is 1.56. The highest BCUT2D eigenvalue weighted by Gasteiger charge is 2.38. The van der Waals surface area contributed by atoms with Crippen LogP contribution in [-0.4, -0.2) is 46.8 Å². The predicted octanol–water partition coefficient (Wildman–Crippen LogP) is 2.69. The van der Waals surface area contributed by atoms with Crippen LogP contribution in [0, 0.1) is 18.8 Å². The maximum atomic E-state index is 13.0. The summed E-state index contributed by atoms with van der Waals surface area (Å²) < 4.78 is 1.95. The second-order valence-corrected chi connectivity index (χ2v) is 8.08. The van der Waals surface area contributed by atoms with Crippen LogP contribution in [0.25, 0.3) is 15.9 Å². The molecule has 128 valence electrons. The zero-order chi connectivity index (χ0) is 17.0. The third-order valence-corrected chi connectivity index (χ3v) is 6.53. The maximum Gasteiger partial charge on any atom is 0.264 e. The first-order valence-corrected chi connectivity index (χ1v) is 9.57. The summed E-state index contributed by atoms with van der Waals surface area (Å²) in [7, 11) is 0. The lowest BCUT2D eigenvalue weighted by atomic mass is 10.0. The fourth-order valence-corrected chi connectivity index (χ4v) is 5.22. The van der Waals surface area contributed by atoms with Crippen LogP contribution in [-0.2, 0) is 0 Å². The van der Waals surface area contributed by atoms with Crippen molar-refractivity contribution in [2.75, 3.05) is 26.2 Å². The summed E-state index contributed by atoms with van der Waals surface area (Å²) in [6.45, 7) is 5.86. The average molecular weight is 352 g/mol. The molecular formula is C19H20N4OS. The lowest BCUT2D eigenvalue weighted by molar-refractivity contribution is 0.0786. The number of benzene rings is 1. The van der Waals surface area contributed by atoms with Crippen LogP contribution in [0.3, 0.4) is 0 Å². The Morgan fingerprint density at radius 2 is 1.92 bits per heavy atom. The number of nitrogens with one attached hydrogen (secondary N) is 1. The Labute approximate surface area is 150 Å². The number of fused-ring (bicyclic) bond motifs is 2. The van der Waals surface area contributed by atoms with Crippen molar-refractivity contribution in [2.24, 2.45) is 11.8 Å². The minimum atomic E-state index is 0.176. The number of aryl methyl sites for hydroxylation is 1. The molecule has 2 aliphatic heterocycles. The van der Waals surface area contributed by atoms with Crippen LogP contribution in [0.5, 0.6) is 0 Å². The van der Waals surface area contributed by atoms with Crippen molar-refractivity contribution in [3.8, 4) is 5.69 Å². The van der Waals surface area contributed by atoms with Gasteiger partial charge in [0, 0.05) is 31.6 Å². The van der Waals surface area contributed by atoms with Crippen LogP contribution >= 0.6 is 11.3 Å². The smallest absolute Gasteiger partial charge is 0.264 e. The van der Waals surface area contributed by atoms with Crippen LogP contribution in [0.15, 0.2) is 36.4 Å². The van der Waals surface area contributed by atoms with E-state index >= 15 is 0 Å². The number of thiophene rings is 1. The molecule has 25 heavy (non-hydrogen) atoms. The number of nitrogens with zero attached hydrogens (tertiary/aromatic N) is 3. The van der Waals surface area contributed by atoms with Crippen LogP contribution in [0.4, 0.5) is 0 Å². The summed E-state index contributed by atoms with van der Waals surface area (Å²) in [6.07, 6.45) is 0. The molecule has 5 rings (SSSR count). The first kappa shape index (κ1) is 15.1. The molecule has 1 amide bonds. The summed E-state index contributed by atoms with van der Waals surface area (Å²) in [5, 5.41) is 9.17. The average Bonchev–Trinajstić information content (AvgIpc) is 3.36. The lowest BCUT2D eigenvalue weighted by Crippen LogP contribution is -2.31. The molecule has 0 unspecified atom stereocenters. The number of carbonyl (C=O) groups excluding carboxylic acids is 1. The van der Waals surface area contributed by atoms with Gasteiger partial charge in [0.05, 0.1) is 16.3 Å². The van der Waals surface area contributed by atoms with Gasteiger partial charge in [0.15, 0.2) is 0 Å². The van der Waals surface area contributed by atoms with Crippen LogP contribution in [0.2, 0.25) is 0 Å². The molecular weight excluding hydrogens is 332 g/mol. The molecule has 2 aromatic heterocycles. The maximum absolute atomic E-state index is 13.0. The molecule has 0 spiro atoms. The van der Waals surface area contributed by atoms with Crippen molar-refractivity contribution < 1.29 is 4.79 Å². The zero-order valence-electron chi connectivity index (χ0n) is 14.1. The number of carbonyl (C=O) groups is 1. The predicted molar refractivity (Wildman–Crippen MR) is 99.4 cm³/mol. The summed E-state index contributed by atoms with van der Waals surface area (Å²) in [5.74, 6) is 1.43. The van der Waals surface area contributed by atoms with Gasteiger partial charge in [0.1, 0.15) is 4.83 Å². The Morgan fingerprint density at radius 3 is 2.64 bits per heavy atom. The van der Waals surface area contributed by atoms with Gasteiger partial charge in [0.2, 0.25) is 0 Å². The number of aromatic nitrogens is 2. The molecule has 2 saturated heterocycles. The number of amides is 1. The Hall–Kier alpha value is -2.18. The summed E-state index contributed by atoms with van der Waals surface area (Å²) in [6, 6.07) is 12.1. The molecule has 1 N–H and O–H groups in total. The molecule has 0 radical (unpaired) electrons. The fourth-order valence-electron chi connectivity index (χ4n) is 4.07. The molecule has 2 fully saturated rings. The van der Waals surface area contributed by atoms with E-state index in [4.69, 9.17) is 0 Å². The highest BCUT2D eigenvalue weighted by Crippen LogP contribution is 2.33. The molecule has 3 aromatic rings. The normalized spacial score (nSPS) is 22.7. The van der Waals surface area contributed by atoms with Gasteiger partial charge in [-0.3, -0.25) is 4.79 Å². The number of para-hydroxylation sites is 1. The number of likely N-dealkylation sites (tertiary alicyclic amines) is 1. The van der Waals surface area contributed by atoms with E-state index in [1.165, 1.54) is 0 Å². The van der Waals surface area contributed by atoms with Gasteiger partial charge in [-0.25, -0.2) is 4.68 Å². The van der Waals surface area contributed by atoms with Gasteiger partial charge in [0.25, 0.3) is 5.91 Å². The Kier molecular flexibility index (Phi) is 3.43. The molecule has 4 heterocycles. The molecule has 0 saturated carbocycles. The Balaban J connectivity index is 1.50. The minimum absolute atomic E-state index is 0.176. The van der Waals surface area contributed by atoms with Gasteiger partial charge >= 0.3 is 0 Å². The molecule has 5 nitrogen and oxygen atoms in total. The van der Waals surface area contributed by atoms with Gasteiger partial charge in [-0.2, -0.15) is 5.10 Å². The van der Waals surface area contributed by atoms with Gasteiger partial charge in [-0.15, -0.1) is 11.3 Å². The molecule has 0 aliphatic carbocycles. The highest BCUT2D eigenvalue weighted by molar-refractivity contribution is 7.20. The monoisotopic (exact) mass is 352 g/mol. The largest absolute Gasteiger partial charge is 0.337 e. The topological polar surface area (TPSA) is 50.2 Å². The first-order chi connectivity index (χ1) is 12.2. The Bertz CT molecular complexity index is 933. The van der Waals surface area contributed by atoms with E-state index in [0.29, 0.717) is 11.8 Å². The zero-order valence-corrected chi connectivity index (χ0v) is 14.9. The van der Waals surface area contributed by atoms with E-state index < -0.39 is 0 Å². The van der Waals surface area contributed by atoms with Gasteiger partial charge in [-0.1, -0.05) is 18.2 Å². The molecule has 2 aliphatic rings.